The van der Waals surface area contributed by atoms with Gasteiger partial charge in [-0.3, -0.25) is 9.59 Å². The minimum Gasteiger partial charge on any atom is -0.465 e. The molecule has 9 nitrogen and oxygen atoms in total. The zero-order valence-corrected chi connectivity index (χ0v) is 16.3. The van der Waals surface area contributed by atoms with E-state index in [4.69, 9.17) is 4.74 Å². The first-order valence-electron chi connectivity index (χ1n) is 8.00. The average molecular weight is 406 g/mol. The Morgan fingerprint density at radius 1 is 1.04 bits per heavy atom. The Morgan fingerprint density at radius 3 is 2.14 bits per heavy atom. The molecule has 0 bridgehead atoms. The van der Waals surface area contributed by atoms with Crippen molar-refractivity contribution in [1.29, 1.82) is 0 Å². The lowest BCUT2D eigenvalue weighted by atomic mass is 10.1. The summed E-state index contributed by atoms with van der Waals surface area (Å²) in [6.45, 7) is 1.29. The average Bonchev–Trinajstić information content (AvgIpc) is 3.09. The van der Waals surface area contributed by atoms with Crippen molar-refractivity contribution in [1.82, 2.24) is 4.98 Å². The van der Waals surface area contributed by atoms with Gasteiger partial charge in [-0.05, 0) is 25.1 Å². The second kappa shape index (κ2) is 9.60. The molecule has 10 heteroatoms. The van der Waals surface area contributed by atoms with Crippen LogP contribution in [0.4, 0.5) is 5.69 Å². The lowest BCUT2D eigenvalue weighted by molar-refractivity contribution is -0.146. The van der Waals surface area contributed by atoms with E-state index >= 15 is 0 Å². The number of carbonyl (C=O) groups excluding carboxylic acids is 4. The summed E-state index contributed by atoms with van der Waals surface area (Å²) in [6.07, 6.45) is -0.0397. The number of rotatable bonds is 7. The zero-order valence-electron chi connectivity index (χ0n) is 15.4. The number of ether oxygens (including phenoxy) is 3. The fourth-order valence-electron chi connectivity index (χ4n) is 2.20. The summed E-state index contributed by atoms with van der Waals surface area (Å²) in [7, 11) is 2.38. The molecule has 2 aromatic rings. The number of anilines is 1. The van der Waals surface area contributed by atoms with Crippen molar-refractivity contribution in [2.24, 2.45) is 0 Å². The number of aromatic nitrogens is 1. The highest BCUT2D eigenvalue weighted by molar-refractivity contribution is 7.09. The standard InChI is InChI=1S/C18H18N2O7S/c1-10-19-14(9-28-10)7-16(22)27-8-15(21)20-13-5-11(17(23)25-2)4-12(6-13)18(24)26-3/h4-6,9H,7-8H2,1-3H3,(H,20,21). The Hall–Kier alpha value is -3.27. The van der Waals surface area contributed by atoms with Crippen molar-refractivity contribution < 1.29 is 33.4 Å². The summed E-state index contributed by atoms with van der Waals surface area (Å²) in [4.78, 5) is 51.5. The van der Waals surface area contributed by atoms with Crippen molar-refractivity contribution >= 4 is 40.8 Å². The SMILES string of the molecule is COC(=O)c1cc(NC(=O)COC(=O)Cc2csc(C)n2)cc(C(=O)OC)c1. The molecular weight excluding hydrogens is 388 g/mol. The molecule has 1 N–H and O–H groups in total. The Labute approximate surface area is 164 Å². The number of hydrogen-bond donors (Lipinski definition) is 1. The van der Waals surface area contributed by atoms with Crippen molar-refractivity contribution in [2.45, 2.75) is 13.3 Å². The summed E-state index contributed by atoms with van der Waals surface area (Å²) in [5.74, 6) is -2.61. The molecule has 148 valence electrons. The van der Waals surface area contributed by atoms with Crippen LogP contribution in [0.2, 0.25) is 0 Å². The van der Waals surface area contributed by atoms with E-state index in [0.29, 0.717) is 5.69 Å². The lowest BCUT2D eigenvalue weighted by Crippen LogP contribution is -2.22. The van der Waals surface area contributed by atoms with Gasteiger partial charge in [-0.2, -0.15) is 0 Å². The van der Waals surface area contributed by atoms with E-state index in [2.05, 4.69) is 19.8 Å². The maximum Gasteiger partial charge on any atom is 0.337 e. The van der Waals surface area contributed by atoms with Crippen LogP contribution >= 0.6 is 11.3 Å². The number of aryl methyl sites for hydroxylation is 1. The third kappa shape index (κ3) is 5.88. The number of carbonyl (C=O) groups is 4. The van der Waals surface area contributed by atoms with Crippen LogP contribution in [0.25, 0.3) is 0 Å². The normalized spacial score (nSPS) is 10.1. The van der Waals surface area contributed by atoms with Gasteiger partial charge in [0, 0.05) is 11.1 Å². The van der Waals surface area contributed by atoms with Crippen molar-refractivity contribution in [2.75, 3.05) is 26.1 Å². The van der Waals surface area contributed by atoms with E-state index in [-0.39, 0.29) is 23.2 Å². The molecule has 0 aliphatic heterocycles. The quantitative estimate of drug-likeness (QED) is 0.545. The fraction of sp³-hybridized carbons (Fsp3) is 0.278. The van der Waals surface area contributed by atoms with E-state index in [1.807, 2.05) is 6.92 Å². The van der Waals surface area contributed by atoms with Crippen molar-refractivity contribution in [3.05, 3.63) is 45.4 Å². The van der Waals surface area contributed by atoms with Crippen LogP contribution < -0.4 is 5.32 Å². The first-order valence-corrected chi connectivity index (χ1v) is 8.88. The van der Waals surface area contributed by atoms with E-state index < -0.39 is 30.4 Å². The van der Waals surface area contributed by atoms with E-state index in [1.54, 1.807) is 5.38 Å². The molecule has 0 saturated carbocycles. The molecule has 0 saturated heterocycles. The highest BCUT2D eigenvalue weighted by Gasteiger charge is 2.16. The molecule has 0 aliphatic carbocycles. The van der Waals surface area contributed by atoms with Gasteiger partial charge < -0.3 is 19.5 Å². The van der Waals surface area contributed by atoms with Gasteiger partial charge in [-0.1, -0.05) is 0 Å². The number of nitrogens with zero attached hydrogens (tertiary/aromatic N) is 1. The third-order valence-electron chi connectivity index (χ3n) is 3.42. The van der Waals surface area contributed by atoms with Crippen LogP contribution in [0.1, 0.15) is 31.4 Å². The molecule has 0 atom stereocenters. The van der Waals surface area contributed by atoms with Crippen molar-refractivity contribution in [3.8, 4) is 0 Å². The fourth-order valence-corrected chi connectivity index (χ4v) is 2.82. The number of thiazole rings is 1. The zero-order chi connectivity index (χ0) is 20.7. The van der Waals surface area contributed by atoms with E-state index in [0.717, 1.165) is 5.01 Å². The molecule has 2 rings (SSSR count). The number of esters is 3. The summed E-state index contributed by atoms with van der Waals surface area (Å²) in [5.41, 5.74) is 0.828. The number of methoxy groups -OCH3 is 2. The van der Waals surface area contributed by atoms with Gasteiger partial charge in [0.15, 0.2) is 6.61 Å². The Balaban J connectivity index is 2.00. The molecule has 0 unspecified atom stereocenters. The molecule has 0 spiro atoms. The lowest BCUT2D eigenvalue weighted by Gasteiger charge is -2.10. The predicted molar refractivity (Wildman–Crippen MR) is 99.3 cm³/mol. The van der Waals surface area contributed by atoms with E-state index in [9.17, 15) is 19.2 Å². The van der Waals surface area contributed by atoms with Crippen LogP contribution in [0.5, 0.6) is 0 Å². The topological polar surface area (TPSA) is 121 Å². The second-order valence-corrected chi connectivity index (χ2v) is 6.59. The number of nitrogens with one attached hydrogen (secondary N) is 1. The molecule has 0 aliphatic rings. The van der Waals surface area contributed by atoms with Gasteiger partial charge in [-0.25, -0.2) is 14.6 Å². The maximum absolute atomic E-state index is 12.0. The van der Waals surface area contributed by atoms with Gasteiger partial charge in [0.2, 0.25) is 0 Å². The van der Waals surface area contributed by atoms with Gasteiger partial charge in [0.05, 0.1) is 42.5 Å². The first-order chi connectivity index (χ1) is 13.3. The van der Waals surface area contributed by atoms with Crippen LogP contribution in [-0.4, -0.2) is 49.6 Å². The van der Waals surface area contributed by atoms with Gasteiger partial charge in [-0.15, -0.1) is 11.3 Å². The second-order valence-electron chi connectivity index (χ2n) is 5.53. The van der Waals surface area contributed by atoms with Crippen LogP contribution in [0.3, 0.4) is 0 Å². The highest BCUT2D eigenvalue weighted by Crippen LogP contribution is 2.17. The predicted octanol–water partition coefficient (Wildman–Crippen LogP) is 1.75. The number of benzene rings is 1. The summed E-state index contributed by atoms with van der Waals surface area (Å²) in [6, 6.07) is 3.94. The van der Waals surface area contributed by atoms with E-state index in [1.165, 1.54) is 43.8 Å². The Bertz CT molecular complexity index is 873. The molecular formula is C18H18N2O7S. The summed E-state index contributed by atoms with van der Waals surface area (Å²) >= 11 is 1.41. The monoisotopic (exact) mass is 406 g/mol. The largest absolute Gasteiger partial charge is 0.465 e. The Kier molecular flexibility index (Phi) is 7.21. The highest BCUT2D eigenvalue weighted by atomic mass is 32.1. The Morgan fingerprint density at radius 2 is 1.64 bits per heavy atom. The van der Waals surface area contributed by atoms with Crippen LogP contribution in [0, 0.1) is 6.92 Å². The summed E-state index contributed by atoms with van der Waals surface area (Å²) < 4.78 is 14.2. The van der Waals surface area contributed by atoms with Crippen LogP contribution in [-0.2, 0) is 30.2 Å². The van der Waals surface area contributed by atoms with Crippen molar-refractivity contribution in [3.63, 3.8) is 0 Å². The molecule has 1 amide bonds. The molecule has 28 heavy (non-hydrogen) atoms. The number of amides is 1. The third-order valence-corrected chi connectivity index (χ3v) is 4.24. The minimum absolute atomic E-state index is 0.0397. The van der Waals surface area contributed by atoms with Gasteiger partial charge in [0.1, 0.15) is 0 Å². The molecule has 0 fully saturated rings. The first kappa shape index (κ1) is 21.0. The maximum atomic E-state index is 12.0. The van der Waals surface area contributed by atoms with Gasteiger partial charge >= 0.3 is 17.9 Å². The summed E-state index contributed by atoms with van der Waals surface area (Å²) in [5, 5.41) is 5.02. The molecule has 0 radical (unpaired) electrons. The van der Waals surface area contributed by atoms with Crippen LogP contribution in [0.15, 0.2) is 23.6 Å². The smallest absolute Gasteiger partial charge is 0.337 e. The molecule has 1 heterocycles. The van der Waals surface area contributed by atoms with Gasteiger partial charge in [0.25, 0.3) is 5.91 Å². The molecule has 1 aromatic carbocycles. The molecule has 1 aromatic heterocycles. The minimum atomic E-state index is -0.689. The number of hydrogen-bond acceptors (Lipinski definition) is 9.